The molecule has 7 nitrogen and oxygen atoms in total. The Labute approximate surface area is 168 Å². The van der Waals surface area contributed by atoms with Gasteiger partial charge in [-0.1, -0.05) is 12.1 Å². The summed E-state index contributed by atoms with van der Waals surface area (Å²) in [7, 11) is 2.90. The lowest BCUT2D eigenvalue weighted by Crippen LogP contribution is -2.34. The van der Waals surface area contributed by atoms with Crippen molar-refractivity contribution in [2.24, 2.45) is 0 Å². The quantitative estimate of drug-likeness (QED) is 0.509. The van der Waals surface area contributed by atoms with E-state index >= 15 is 0 Å². The molecule has 0 fully saturated rings. The van der Waals surface area contributed by atoms with E-state index in [9.17, 15) is 14.4 Å². The molecule has 0 aliphatic rings. The first-order valence-electron chi connectivity index (χ1n) is 8.53. The molecule has 0 aromatic heterocycles. The van der Waals surface area contributed by atoms with Crippen molar-refractivity contribution >= 4 is 40.8 Å². The van der Waals surface area contributed by atoms with Gasteiger partial charge in [0.1, 0.15) is 0 Å². The highest BCUT2D eigenvalue weighted by Crippen LogP contribution is 2.11. The van der Waals surface area contributed by atoms with Crippen molar-refractivity contribution in [3.8, 4) is 0 Å². The van der Waals surface area contributed by atoms with Crippen LogP contribution in [0.3, 0.4) is 0 Å². The lowest BCUT2D eigenvalue weighted by Gasteiger charge is -2.10. The minimum atomic E-state index is -0.470. The van der Waals surface area contributed by atoms with E-state index < -0.39 is 11.9 Å². The maximum Gasteiger partial charge on any atom is 0.337 e. The lowest BCUT2D eigenvalue weighted by atomic mass is 10.1. The number of carbonyl (C=O) groups is 3. The van der Waals surface area contributed by atoms with Crippen molar-refractivity contribution < 1.29 is 19.1 Å². The Morgan fingerprint density at radius 3 is 2.14 bits per heavy atom. The van der Waals surface area contributed by atoms with Crippen molar-refractivity contribution in [3.63, 3.8) is 0 Å². The monoisotopic (exact) mass is 399 g/mol. The van der Waals surface area contributed by atoms with Crippen LogP contribution in [-0.4, -0.2) is 37.1 Å². The number of aryl methyl sites for hydroxylation is 1. The minimum absolute atomic E-state index is 0.00860. The van der Waals surface area contributed by atoms with Crippen LogP contribution < -0.4 is 16.0 Å². The number of rotatable bonds is 6. The van der Waals surface area contributed by atoms with Crippen LogP contribution in [0.4, 0.5) is 5.69 Å². The Morgan fingerprint density at radius 1 is 0.964 bits per heavy atom. The molecule has 0 bridgehead atoms. The maximum absolute atomic E-state index is 12.2. The zero-order valence-electron chi connectivity index (χ0n) is 15.6. The molecule has 28 heavy (non-hydrogen) atoms. The second-order valence-corrected chi connectivity index (χ2v) is 6.26. The summed E-state index contributed by atoms with van der Waals surface area (Å²) in [6, 6.07) is 13.5. The minimum Gasteiger partial charge on any atom is -0.465 e. The third-order valence-corrected chi connectivity index (χ3v) is 4.13. The second-order valence-electron chi connectivity index (χ2n) is 5.85. The van der Waals surface area contributed by atoms with E-state index in [0.717, 1.165) is 11.3 Å². The number of ether oxygens (including phenoxy) is 1. The van der Waals surface area contributed by atoms with Crippen molar-refractivity contribution in [2.45, 2.75) is 12.8 Å². The fraction of sp³-hybridized carbons (Fsp3) is 0.200. The topological polar surface area (TPSA) is 96.5 Å². The lowest BCUT2D eigenvalue weighted by molar-refractivity contribution is -0.120. The van der Waals surface area contributed by atoms with Gasteiger partial charge in [-0.3, -0.25) is 14.9 Å². The first kappa shape index (κ1) is 21.0. The van der Waals surface area contributed by atoms with Crippen LogP contribution in [0, 0.1) is 0 Å². The molecule has 146 valence electrons. The molecule has 2 aromatic carbocycles. The van der Waals surface area contributed by atoms with Gasteiger partial charge in [0.2, 0.25) is 5.91 Å². The van der Waals surface area contributed by atoms with Gasteiger partial charge in [-0.15, -0.1) is 0 Å². The number of methoxy groups -OCH3 is 1. The van der Waals surface area contributed by atoms with E-state index in [0.29, 0.717) is 24.0 Å². The molecule has 0 saturated carbocycles. The number of hydrogen-bond donors (Lipinski definition) is 3. The summed E-state index contributed by atoms with van der Waals surface area (Å²) in [5.74, 6) is -0.871. The van der Waals surface area contributed by atoms with E-state index in [2.05, 4.69) is 20.7 Å². The van der Waals surface area contributed by atoms with Crippen LogP contribution in [0.1, 0.15) is 32.7 Å². The molecule has 0 atom stereocenters. The van der Waals surface area contributed by atoms with Gasteiger partial charge in [-0.05, 0) is 60.6 Å². The van der Waals surface area contributed by atoms with Gasteiger partial charge >= 0.3 is 5.97 Å². The zero-order chi connectivity index (χ0) is 20.5. The summed E-state index contributed by atoms with van der Waals surface area (Å²) in [5.41, 5.74) is 2.46. The molecular formula is C20H21N3O4S. The molecule has 3 N–H and O–H groups in total. The van der Waals surface area contributed by atoms with Gasteiger partial charge < -0.3 is 15.4 Å². The maximum atomic E-state index is 12.2. The Kier molecular flexibility index (Phi) is 7.65. The van der Waals surface area contributed by atoms with E-state index in [1.54, 1.807) is 7.05 Å². The smallest absolute Gasteiger partial charge is 0.337 e. The van der Waals surface area contributed by atoms with E-state index in [1.165, 1.54) is 31.4 Å². The number of esters is 1. The Hall–Kier alpha value is -3.26. The predicted octanol–water partition coefficient (Wildman–Crippen LogP) is 2.28. The molecule has 0 saturated heterocycles. The summed E-state index contributed by atoms with van der Waals surface area (Å²) < 4.78 is 4.62. The summed E-state index contributed by atoms with van der Waals surface area (Å²) in [4.78, 5) is 34.9. The van der Waals surface area contributed by atoms with Gasteiger partial charge in [0.05, 0.1) is 12.7 Å². The number of hydrogen-bond acceptors (Lipinski definition) is 5. The van der Waals surface area contributed by atoms with Gasteiger partial charge in [0, 0.05) is 24.7 Å². The summed E-state index contributed by atoms with van der Waals surface area (Å²) in [6.07, 6.45) is 1.06. The molecular weight excluding hydrogens is 378 g/mol. The van der Waals surface area contributed by atoms with Crippen molar-refractivity contribution in [3.05, 3.63) is 65.2 Å². The van der Waals surface area contributed by atoms with Crippen LogP contribution in [0.15, 0.2) is 48.5 Å². The Bertz CT molecular complexity index is 864. The standard InChI is InChI=1S/C20H21N3O4S/c1-21-17(24)12-5-13-3-10-16(11-4-13)22-20(28)23-18(25)14-6-8-15(9-7-14)19(26)27-2/h3-4,6-11H,5,12H2,1-2H3,(H,21,24)(H2,22,23,25,28). The van der Waals surface area contributed by atoms with Crippen LogP contribution >= 0.6 is 12.2 Å². The molecule has 2 amide bonds. The predicted molar refractivity (Wildman–Crippen MR) is 110 cm³/mol. The van der Waals surface area contributed by atoms with Gasteiger partial charge in [-0.2, -0.15) is 0 Å². The van der Waals surface area contributed by atoms with E-state index in [4.69, 9.17) is 12.2 Å². The Balaban J connectivity index is 1.88. The fourth-order valence-corrected chi connectivity index (χ4v) is 2.56. The third kappa shape index (κ3) is 6.17. The molecule has 2 aromatic rings. The average Bonchev–Trinajstić information content (AvgIpc) is 2.72. The van der Waals surface area contributed by atoms with Crippen LogP contribution in [0.5, 0.6) is 0 Å². The summed E-state index contributed by atoms with van der Waals surface area (Å²) in [5, 5.41) is 8.25. The number of nitrogens with one attached hydrogen (secondary N) is 3. The van der Waals surface area contributed by atoms with Crippen LogP contribution in [-0.2, 0) is 16.0 Å². The number of amides is 2. The van der Waals surface area contributed by atoms with Crippen molar-refractivity contribution in [1.82, 2.24) is 10.6 Å². The SMILES string of the molecule is CNC(=O)CCc1ccc(NC(=S)NC(=O)c2ccc(C(=O)OC)cc2)cc1. The van der Waals surface area contributed by atoms with Crippen LogP contribution in [0.25, 0.3) is 0 Å². The zero-order valence-corrected chi connectivity index (χ0v) is 16.4. The van der Waals surface area contributed by atoms with Crippen LogP contribution in [0.2, 0.25) is 0 Å². The Morgan fingerprint density at radius 2 is 1.57 bits per heavy atom. The van der Waals surface area contributed by atoms with Gasteiger partial charge in [-0.25, -0.2) is 4.79 Å². The molecule has 0 unspecified atom stereocenters. The van der Waals surface area contributed by atoms with Gasteiger partial charge in [0.15, 0.2) is 5.11 Å². The largest absolute Gasteiger partial charge is 0.465 e. The first-order valence-corrected chi connectivity index (χ1v) is 8.94. The normalized spacial score (nSPS) is 9.93. The molecule has 0 radical (unpaired) electrons. The molecule has 0 heterocycles. The second kappa shape index (κ2) is 10.2. The molecule has 0 aliphatic heterocycles. The number of benzene rings is 2. The summed E-state index contributed by atoms with van der Waals surface area (Å²) in [6.45, 7) is 0. The molecule has 0 aliphatic carbocycles. The highest BCUT2D eigenvalue weighted by molar-refractivity contribution is 7.80. The molecule has 8 heteroatoms. The highest BCUT2D eigenvalue weighted by Gasteiger charge is 2.10. The average molecular weight is 399 g/mol. The number of carbonyl (C=O) groups excluding carboxylic acids is 3. The van der Waals surface area contributed by atoms with E-state index in [1.807, 2.05) is 24.3 Å². The third-order valence-electron chi connectivity index (χ3n) is 3.93. The number of thiocarbonyl (C=S) groups is 1. The first-order chi connectivity index (χ1) is 13.4. The van der Waals surface area contributed by atoms with Crippen molar-refractivity contribution in [1.29, 1.82) is 0 Å². The highest BCUT2D eigenvalue weighted by atomic mass is 32.1. The number of anilines is 1. The molecule has 0 spiro atoms. The molecule has 2 rings (SSSR count). The summed E-state index contributed by atoms with van der Waals surface area (Å²) >= 11 is 5.16. The fourth-order valence-electron chi connectivity index (χ4n) is 2.35. The van der Waals surface area contributed by atoms with Crippen molar-refractivity contribution in [2.75, 3.05) is 19.5 Å². The van der Waals surface area contributed by atoms with E-state index in [-0.39, 0.29) is 11.0 Å². The van der Waals surface area contributed by atoms with Gasteiger partial charge in [0.25, 0.3) is 5.91 Å².